The van der Waals surface area contributed by atoms with Crippen LogP contribution in [0.3, 0.4) is 0 Å². The summed E-state index contributed by atoms with van der Waals surface area (Å²) in [6, 6.07) is 0. The Hall–Kier alpha value is -0.100. The fourth-order valence-electron chi connectivity index (χ4n) is 4.17. The summed E-state index contributed by atoms with van der Waals surface area (Å²) in [6.07, 6.45) is 5.21. The van der Waals surface area contributed by atoms with Crippen LogP contribution in [0.5, 0.6) is 0 Å². The van der Waals surface area contributed by atoms with Crippen molar-refractivity contribution in [2.75, 3.05) is 20.0 Å². The van der Waals surface area contributed by atoms with E-state index in [4.69, 9.17) is 4.74 Å². The van der Waals surface area contributed by atoms with Gasteiger partial charge in [-0.05, 0) is 44.4 Å². The Kier molecular flexibility index (Phi) is 4.05. The van der Waals surface area contributed by atoms with Crippen LogP contribution >= 0.6 is 7.26 Å². The van der Waals surface area contributed by atoms with Crippen LogP contribution in [-0.2, 0) is 9.53 Å². The summed E-state index contributed by atoms with van der Waals surface area (Å²) in [5, 5.41) is -0.359. The quantitative estimate of drug-likeness (QED) is 0.569. The molecule has 2 saturated carbocycles. The fraction of sp³-hybridized carbons (Fsp3) is 0.941. The Morgan fingerprint density at radius 2 is 1.65 bits per heavy atom. The van der Waals surface area contributed by atoms with E-state index in [-0.39, 0.29) is 22.6 Å². The van der Waals surface area contributed by atoms with Gasteiger partial charge >= 0.3 is 5.97 Å². The van der Waals surface area contributed by atoms with Crippen LogP contribution in [0.25, 0.3) is 0 Å². The molecule has 3 heteroatoms. The van der Waals surface area contributed by atoms with Gasteiger partial charge in [0, 0.05) is 32.7 Å². The van der Waals surface area contributed by atoms with Gasteiger partial charge in [0.1, 0.15) is 6.10 Å². The van der Waals surface area contributed by atoms with Crippen LogP contribution in [-0.4, -0.2) is 37.2 Å². The molecule has 2 rings (SSSR count). The zero-order chi connectivity index (χ0) is 15.3. The molecule has 0 spiro atoms. The first-order valence-electron chi connectivity index (χ1n) is 7.99. The second kappa shape index (κ2) is 4.97. The van der Waals surface area contributed by atoms with Gasteiger partial charge in [0.05, 0.1) is 0 Å². The maximum Gasteiger partial charge on any atom is 0.350 e. The highest BCUT2D eigenvalue weighted by molar-refractivity contribution is 7.76. The second-order valence-corrected chi connectivity index (χ2v) is 13.9. The molecule has 0 heterocycles. The first kappa shape index (κ1) is 16.3. The molecule has 2 bridgehead atoms. The largest absolute Gasteiger partial charge is 0.459 e. The summed E-state index contributed by atoms with van der Waals surface area (Å²) >= 11 is 0. The van der Waals surface area contributed by atoms with Crippen molar-refractivity contribution in [2.24, 2.45) is 17.3 Å². The molecule has 0 saturated heterocycles. The zero-order valence-electron chi connectivity index (χ0n) is 14.3. The van der Waals surface area contributed by atoms with Crippen LogP contribution in [0.15, 0.2) is 0 Å². The van der Waals surface area contributed by atoms with Crippen molar-refractivity contribution in [3.8, 4) is 0 Å². The lowest BCUT2D eigenvalue weighted by Gasteiger charge is -2.44. The fourth-order valence-corrected chi connectivity index (χ4v) is 6.78. The molecule has 0 aromatic heterocycles. The minimum Gasteiger partial charge on any atom is -0.459 e. The third-order valence-corrected chi connectivity index (χ3v) is 9.67. The van der Waals surface area contributed by atoms with E-state index in [1.807, 2.05) is 0 Å². The Balaban J connectivity index is 2.16. The number of carbonyl (C=O) groups is 1. The number of hydrogen-bond acceptors (Lipinski definition) is 2. The maximum absolute atomic E-state index is 13.0. The van der Waals surface area contributed by atoms with Crippen LogP contribution in [0.4, 0.5) is 0 Å². The van der Waals surface area contributed by atoms with E-state index in [1.165, 1.54) is 19.3 Å². The molecule has 2 nitrogen and oxygen atoms in total. The summed E-state index contributed by atoms with van der Waals surface area (Å²) in [4.78, 5) is 13.0. The van der Waals surface area contributed by atoms with Crippen molar-refractivity contribution in [1.29, 1.82) is 0 Å². The molecular weight excluding hydrogens is 267 g/mol. The highest BCUT2D eigenvalue weighted by Crippen LogP contribution is 2.66. The minimum absolute atomic E-state index is 0.0587. The molecule has 0 amide bonds. The first-order chi connectivity index (χ1) is 8.97. The molecule has 116 valence electrons. The van der Waals surface area contributed by atoms with Gasteiger partial charge in [0.25, 0.3) is 0 Å². The molecule has 2 aliphatic rings. The predicted octanol–water partition coefficient (Wildman–Crippen LogP) is 4.43. The number of carbonyl (C=O) groups excluding carboxylic acids is 1. The summed E-state index contributed by atoms with van der Waals surface area (Å²) in [5.74, 6) is 1.53. The summed E-state index contributed by atoms with van der Waals surface area (Å²) in [7, 11) is -1.36. The van der Waals surface area contributed by atoms with E-state index in [1.54, 1.807) is 0 Å². The van der Waals surface area contributed by atoms with Gasteiger partial charge in [-0.15, -0.1) is 0 Å². The normalized spacial score (nSPS) is 33.0. The molecule has 20 heavy (non-hydrogen) atoms. The third-order valence-electron chi connectivity index (χ3n) is 6.13. The van der Waals surface area contributed by atoms with Gasteiger partial charge in [0.15, 0.2) is 5.16 Å². The number of ether oxygens (including phenoxy) is 1. The third kappa shape index (κ3) is 2.54. The van der Waals surface area contributed by atoms with Crippen LogP contribution in [0, 0.1) is 17.3 Å². The highest BCUT2D eigenvalue weighted by Gasteiger charge is 2.60. The topological polar surface area (TPSA) is 26.3 Å². The number of fused-ring (bicyclic) bond motifs is 2. The van der Waals surface area contributed by atoms with Gasteiger partial charge < -0.3 is 4.74 Å². The van der Waals surface area contributed by atoms with Crippen LogP contribution in [0.1, 0.15) is 53.4 Å². The molecule has 0 N–H and O–H groups in total. The number of esters is 1. The average Bonchev–Trinajstić information content (AvgIpc) is 2.86. The van der Waals surface area contributed by atoms with Crippen molar-refractivity contribution < 1.29 is 9.53 Å². The second-order valence-electron chi connectivity index (χ2n) is 8.95. The standard InChI is InChI=1S/C17H32O2P/c1-16(2,3)17(4,20(5,6)7)15(18)19-14-11-12-8-9-13(14)10-12/h12-14H,8-11H2,1-7H3/q+1. The predicted molar refractivity (Wildman–Crippen MR) is 87.9 cm³/mol. The van der Waals surface area contributed by atoms with Crippen molar-refractivity contribution in [1.82, 2.24) is 0 Å². The van der Waals surface area contributed by atoms with Gasteiger partial charge in [-0.1, -0.05) is 20.8 Å². The van der Waals surface area contributed by atoms with Crippen molar-refractivity contribution in [3.05, 3.63) is 0 Å². The van der Waals surface area contributed by atoms with Crippen molar-refractivity contribution in [3.63, 3.8) is 0 Å². The molecule has 2 aliphatic carbocycles. The van der Waals surface area contributed by atoms with Gasteiger partial charge in [-0.25, -0.2) is 4.79 Å². The number of rotatable bonds is 3. The molecule has 2 fully saturated rings. The summed E-state index contributed by atoms with van der Waals surface area (Å²) in [6.45, 7) is 15.5. The SMILES string of the molecule is CC(C)(C)C(C)(C(=O)OC1CC2CCC1C2)[P+](C)(C)C. The summed E-state index contributed by atoms with van der Waals surface area (Å²) < 4.78 is 6.05. The average molecular weight is 299 g/mol. The van der Waals surface area contributed by atoms with Gasteiger partial charge in [-0.3, -0.25) is 0 Å². The lowest BCUT2D eigenvalue weighted by molar-refractivity contribution is -0.157. The Morgan fingerprint density at radius 1 is 1.05 bits per heavy atom. The molecule has 0 aromatic rings. The highest BCUT2D eigenvalue weighted by atomic mass is 31.2. The molecule has 0 aromatic carbocycles. The smallest absolute Gasteiger partial charge is 0.350 e. The monoisotopic (exact) mass is 299 g/mol. The van der Waals surface area contributed by atoms with Crippen molar-refractivity contribution >= 4 is 13.2 Å². The van der Waals surface area contributed by atoms with Crippen LogP contribution in [0.2, 0.25) is 0 Å². The molecule has 4 atom stereocenters. The lowest BCUT2D eigenvalue weighted by Crippen LogP contribution is -2.50. The molecule has 0 radical (unpaired) electrons. The number of hydrogen-bond donors (Lipinski definition) is 0. The van der Waals surface area contributed by atoms with E-state index in [0.717, 1.165) is 12.3 Å². The molecule has 0 aliphatic heterocycles. The Morgan fingerprint density at radius 3 is 2.00 bits per heavy atom. The molecule has 4 unspecified atom stereocenters. The Labute approximate surface area is 125 Å². The van der Waals surface area contributed by atoms with E-state index < -0.39 is 7.26 Å². The van der Waals surface area contributed by atoms with Gasteiger partial charge in [-0.2, -0.15) is 0 Å². The minimum atomic E-state index is -1.36. The van der Waals surface area contributed by atoms with E-state index in [2.05, 4.69) is 47.7 Å². The van der Waals surface area contributed by atoms with E-state index in [9.17, 15) is 4.79 Å². The first-order valence-corrected chi connectivity index (χ1v) is 11.1. The van der Waals surface area contributed by atoms with Crippen LogP contribution < -0.4 is 0 Å². The van der Waals surface area contributed by atoms with E-state index in [0.29, 0.717) is 5.92 Å². The Bertz CT molecular complexity index is 375. The zero-order valence-corrected chi connectivity index (χ0v) is 15.2. The lowest BCUT2D eigenvalue weighted by atomic mass is 9.81. The summed E-state index contributed by atoms with van der Waals surface area (Å²) in [5.41, 5.74) is -0.0618. The maximum atomic E-state index is 13.0. The van der Waals surface area contributed by atoms with Gasteiger partial charge in [0.2, 0.25) is 0 Å². The molecular formula is C17H32O2P+. The van der Waals surface area contributed by atoms with Crippen molar-refractivity contribution in [2.45, 2.75) is 64.6 Å². The van der Waals surface area contributed by atoms with E-state index >= 15 is 0 Å².